The highest BCUT2D eigenvalue weighted by molar-refractivity contribution is 5.85. The maximum absolute atomic E-state index is 12.7. The molecule has 0 radical (unpaired) electrons. The molecular formula is C12H18ClFN2. The molecule has 1 heterocycles. The van der Waals surface area contributed by atoms with E-state index in [1.165, 1.54) is 17.7 Å². The van der Waals surface area contributed by atoms with Crippen molar-refractivity contribution in [3.63, 3.8) is 0 Å². The normalized spacial score (nSPS) is 18.1. The fourth-order valence-corrected chi connectivity index (χ4v) is 1.85. The average molecular weight is 245 g/mol. The third kappa shape index (κ3) is 3.74. The van der Waals surface area contributed by atoms with Crippen molar-refractivity contribution < 1.29 is 4.39 Å². The maximum Gasteiger partial charge on any atom is 0.123 e. The number of nitrogens with zero attached hydrogens (tertiary/aromatic N) is 2. The van der Waals surface area contributed by atoms with Gasteiger partial charge in [-0.15, -0.1) is 12.4 Å². The van der Waals surface area contributed by atoms with Crippen molar-refractivity contribution >= 4 is 12.4 Å². The molecule has 0 saturated carbocycles. The van der Waals surface area contributed by atoms with Crippen LogP contribution in [0.1, 0.15) is 5.56 Å². The first kappa shape index (κ1) is 13.4. The largest absolute Gasteiger partial charge is 0.304 e. The molecule has 1 aliphatic heterocycles. The predicted molar refractivity (Wildman–Crippen MR) is 66.4 cm³/mol. The molecule has 1 fully saturated rings. The Labute approximate surface area is 102 Å². The van der Waals surface area contributed by atoms with Crippen LogP contribution in [-0.2, 0) is 6.54 Å². The first-order chi connectivity index (χ1) is 7.24. The minimum atomic E-state index is -0.155. The van der Waals surface area contributed by atoms with Crippen LogP contribution in [0.5, 0.6) is 0 Å². The van der Waals surface area contributed by atoms with Crippen molar-refractivity contribution in [2.75, 3.05) is 33.2 Å². The van der Waals surface area contributed by atoms with Crippen LogP contribution < -0.4 is 0 Å². The Kier molecular flexibility index (Phi) is 5.19. The predicted octanol–water partition coefficient (Wildman–Crippen LogP) is 1.99. The fraction of sp³-hybridized carbons (Fsp3) is 0.500. The molecule has 0 aromatic heterocycles. The molecule has 0 bridgehead atoms. The lowest BCUT2D eigenvalue weighted by atomic mass is 10.2. The van der Waals surface area contributed by atoms with E-state index in [1.807, 2.05) is 12.1 Å². The Balaban J connectivity index is 0.00000128. The number of likely N-dealkylation sites (N-methyl/N-ethyl adjacent to an activating group) is 1. The van der Waals surface area contributed by atoms with Crippen LogP contribution in [0.3, 0.4) is 0 Å². The van der Waals surface area contributed by atoms with Gasteiger partial charge in [0.25, 0.3) is 0 Å². The summed E-state index contributed by atoms with van der Waals surface area (Å²) in [4.78, 5) is 4.74. The van der Waals surface area contributed by atoms with Gasteiger partial charge in [0.15, 0.2) is 0 Å². The molecule has 1 aromatic carbocycles. The van der Waals surface area contributed by atoms with Crippen LogP contribution in [0.2, 0.25) is 0 Å². The number of hydrogen-bond donors (Lipinski definition) is 0. The highest BCUT2D eigenvalue weighted by atomic mass is 35.5. The monoisotopic (exact) mass is 244 g/mol. The molecule has 16 heavy (non-hydrogen) atoms. The lowest BCUT2D eigenvalue weighted by Gasteiger charge is -2.32. The molecule has 90 valence electrons. The SMILES string of the molecule is CN1CCN(Cc2ccc(F)cc2)CC1.Cl. The topological polar surface area (TPSA) is 6.48 Å². The summed E-state index contributed by atoms with van der Waals surface area (Å²) in [5.74, 6) is -0.155. The van der Waals surface area contributed by atoms with Crippen LogP contribution >= 0.6 is 12.4 Å². The minimum Gasteiger partial charge on any atom is -0.304 e. The second-order valence-corrected chi connectivity index (χ2v) is 4.21. The van der Waals surface area contributed by atoms with E-state index in [0.717, 1.165) is 32.7 Å². The molecule has 2 rings (SSSR count). The van der Waals surface area contributed by atoms with Crippen LogP contribution in [0, 0.1) is 5.82 Å². The van der Waals surface area contributed by atoms with Gasteiger partial charge in [-0.05, 0) is 24.7 Å². The summed E-state index contributed by atoms with van der Waals surface area (Å²) < 4.78 is 12.7. The van der Waals surface area contributed by atoms with E-state index in [1.54, 1.807) is 0 Å². The summed E-state index contributed by atoms with van der Waals surface area (Å²) >= 11 is 0. The Morgan fingerprint density at radius 1 is 1.06 bits per heavy atom. The van der Waals surface area contributed by atoms with Crippen molar-refractivity contribution in [2.24, 2.45) is 0 Å². The van der Waals surface area contributed by atoms with Gasteiger partial charge >= 0.3 is 0 Å². The van der Waals surface area contributed by atoms with Gasteiger partial charge in [-0.25, -0.2) is 4.39 Å². The average Bonchev–Trinajstić information content (AvgIpc) is 2.25. The summed E-state index contributed by atoms with van der Waals surface area (Å²) in [6.45, 7) is 5.40. The molecular weight excluding hydrogens is 227 g/mol. The van der Waals surface area contributed by atoms with Crippen LogP contribution in [0.25, 0.3) is 0 Å². The number of hydrogen-bond acceptors (Lipinski definition) is 2. The standard InChI is InChI=1S/C12H17FN2.ClH/c1-14-6-8-15(9-7-14)10-11-2-4-12(13)5-3-11;/h2-5H,6-10H2,1H3;1H. The molecule has 0 N–H and O–H groups in total. The highest BCUT2D eigenvalue weighted by Crippen LogP contribution is 2.08. The molecule has 0 unspecified atom stereocenters. The second kappa shape index (κ2) is 6.18. The highest BCUT2D eigenvalue weighted by Gasteiger charge is 2.13. The number of piperazine rings is 1. The van der Waals surface area contributed by atoms with E-state index in [2.05, 4.69) is 16.8 Å². The molecule has 1 aromatic rings. The zero-order chi connectivity index (χ0) is 10.7. The van der Waals surface area contributed by atoms with E-state index < -0.39 is 0 Å². The Bertz CT molecular complexity index is 307. The van der Waals surface area contributed by atoms with E-state index >= 15 is 0 Å². The lowest BCUT2D eigenvalue weighted by Crippen LogP contribution is -2.43. The third-order valence-electron chi connectivity index (χ3n) is 2.92. The van der Waals surface area contributed by atoms with Crippen molar-refractivity contribution in [1.82, 2.24) is 9.80 Å². The van der Waals surface area contributed by atoms with E-state index in [0.29, 0.717) is 0 Å². The van der Waals surface area contributed by atoms with Gasteiger partial charge in [0.1, 0.15) is 5.82 Å². The van der Waals surface area contributed by atoms with Crippen molar-refractivity contribution in [1.29, 1.82) is 0 Å². The molecule has 0 atom stereocenters. The van der Waals surface area contributed by atoms with Crippen molar-refractivity contribution in [3.05, 3.63) is 35.6 Å². The van der Waals surface area contributed by atoms with Gasteiger partial charge in [-0.3, -0.25) is 4.90 Å². The smallest absolute Gasteiger partial charge is 0.123 e. The Morgan fingerprint density at radius 2 is 1.62 bits per heavy atom. The van der Waals surface area contributed by atoms with Gasteiger partial charge in [-0.1, -0.05) is 12.1 Å². The summed E-state index contributed by atoms with van der Waals surface area (Å²) in [7, 11) is 2.15. The molecule has 0 amide bonds. The van der Waals surface area contributed by atoms with E-state index in [-0.39, 0.29) is 18.2 Å². The van der Waals surface area contributed by atoms with Crippen molar-refractivity contribution in [2.45, 2.75) is 6.54 Å². The maximum atomic E-state index is 12.7. The van der Waals surface area contributed by atoms with Crippen LogP contribution in [0.15, 0.2) is 24.3 Å². The molecule has 0 aliphatic carbocycles. The van der Waals surface area contributed by atoms with E-state index in [4.69, 9.17) is 0 Å². The fourth-order valence-electron chi connectivity index (χ4n) is 1.85. The molecule has 4 heteroatoms. The Hall–Kier alpha value is -0.640. The molecule has 1 aliphatic rings. The van der Waals surface area contributed by atoms with Gasteiger partial charge in [0.2, 0.25) is 0 Å². The Morgan fingerprint density at radius 3 is 2.19 bits per heavy atom. The summed E-state index contributed by atoms with van der Waals surface area (Å²) in [5.41, 5.74) is 1.20. The van der Waals surface area contributed by atoms with E-state index in [9.17, 15) is 4.39 Å². The minimum absolute atomic E-state index is 0. The van der Waals surface area contributed by atoms with Gasteiger partial charge in [0, 0.05) is 32.7 Å². The summed E-state index contributed by atoms with van der Waals surface area (Å²) in [6, 6.07) is 6.80. The van der Waals surface area contributed by atoms with Crippen LogP contribution in [-0.4, -0.2) is 43.0 Å². The molecule has 2 nitrogen and oxygen atoms in total. The number of rotatable bonds is 2. The second-order valence-electron chi connectivity index (χ2n) is 4.21. The van der Waals surface area contributed by atoms with Crippen molar-refractivity contribution in [3.8, 4) is 0 Å². The van der Waals surface area contributed by atoms with Gasteiger partial charge < -0.3 is 4.90 Å². The quantitative estimate of drug-likeness (QED) is 0.785. The van der Waals surface area contributed by atoms with Gasteiger partial charge in [0.05, 0.1) is 0 Å². The lowest BCUT2D eigenvalue weighted by molar-refractivity contribution is 0.148. The summed E-state index contributed by atoms with van der Waals surface area (Å²) in [5, 5.41) is 0. The first-order valence-electron chi connectivity index (χ1n) is 5.39. The first-order valence-corrected chi connectivity index (χ1v) is 5.39. The van der Waals surface area contributed by atoms with Crippen LogP contribution in [0.4, 0.5) is 4.39 Å². The van der Waals surface area contributed by atoms with Gasteiger partial charge in [-0.2, -0.15) is 0 Å². The molecule has 0 spiro atoms. The summed E-state index contributed by atoms with van der Waals surface area (Å²) in [6.07, 6.45) is 0. The zero-order valence-corrected chi connectivity index (χ0v) is 10.3. The molecule has 1 saturated heterocycles. The third-order valence-corrected chi connectivity index (χ3v) is 2.92. The zero-order valence-electron chi connectivity index (χ0n) is 9.53. The number of halogens is 2. The number of benzene rings is 1.